The summed E-state index contributed by atoms with van der Waals surface area (Å²) in [5.74, 6) is -0.478. The first-order valence-electron chi connectivity index (χ1n) is 7.03. The number of aromatic nitrogens is 2. The van der Waals surface area contributed by atoms with Crippen LogP contribution in [0.2, 0.25) is 5.02 Å². The zero-order chi connectivity index (χ0) is 16.3. The highest BCUT2D eigenvalue weighted by molar-refractivity contribution is 6.30. The third kappa shape index (κ3) is 4.08. The van der Waals surface area contributed by atoms with E-state index in [1.54, 1.807) is 24.3 Å². The minimum atomic E-state index is -1.25. The third-order valence-corrected chi connectivity index (χ3v) is 3.50. The lowest BCUT2D eigenvalue weighted by Crippen LogP contribution is -2.29. The molecule has 22 heavy (non-hydrogen) atoms. The van der Waals surface area contributed by atoms with Gasteiger partial charge in [-0.25, -0.2) is 0 Å². The number of halogens is 1. The van der Waals surface area contributed by atoms with Crippen LogP contribution in [-0.2, 0) is 16.8 Å². The summed E-state index contributed by atoms with van der Waals surface area (Å²) in [5, 5.41) is 20.3. The van der Waals surface area contributed by atoms with Crippen molar-refractivity contribution >= 4 is 17.5 Å². The predicted octanol–water partition coefficient (Wildman–Crippen LogP) is 2.71. The molecule has 1 heterocycles. The molecular weight excluding hydrogens is 302 g/mol. The van der Waals surface area contributed by atoms with Gasteiger partial charge < -0.3 is 10.4 Å². The Morgan fingerprint density at radius 2 is 2.14 bits per heavy atom. The Labute approximate surface area is 134 Å². The standard InChI is InChI=1S/C16H20ClN3O2/c1-16(2,3)13-8-12(19-20-13)9-18-15(22)14(21)10-5-4-6-11(17)7-10/h4-8,14,21H,9H2,1-3H3,(H,18,22)(H,19,20). The van der Waals surface area contributed by atoms with Gasteiger partial charge in [-0.05, 0) is 23.8 Å². The maximum absolute atomic E-state index is 12.0. The van der Waals surface area contributed by atoms with Gasteiger partial charge in [-0.15, -0.1) is 0 Å². The molecule has 1 amide bonds. The van der Waals surface area contributed by atoms with E-state index in [1.165, 1.54) is 0 Å². The van der Waals surface area contributed by atoms with Gasteiger partial charge in [0.05, 0.1) is 17.9 Å². The zero-order valence-corrected chi connectivity index (χ0v) is 13.6. The largest absolute Gasteiger partial charge is 0.378 e. The number of benzene rings is 1. The van der Waals surface area contributed by atoms with Crippen LogP contribution < -0.4 is 5.32 Å². The minimum Gasteiger partial charge on any atom is -0.378 e. The SMILES string of the molecule is CC(C)(C)c1cc(CNC(=O)C(O)c2cccc(Cl)c2)[nH]n1. The number of nitrogens with zero attached hydrogens (tertiary/aromatic N) is 1. The molecule has 5 nitrogen and oxygen atoms in total. The molecular formula is C16H20ClN3O2. The minimum absolute atomic E-state index is 0.0565. The molecule has 2 rings (SSSR count). The van der Waals surface area contributed by atoms with Gasteiger partial charge in [0.25, 0.3) is 5.91 Å². The molecule has 0 saturated carbocycles. The van der Waals surface area contributed by atoms with Crippen LogP contribution >= 0.6 is 11.6 Å². The summed E-state index contributed by atoms with van der Waals surface area (Å²) in [5.41, 5.74) is 2.12. The molecule has 1 atom stereocenters. The van der Waals surface area contributed by atoms with Gasteiger partial charge in [0, 0.05) is 10.4 Å². The average Bonchev–Trinajstić information content (AvgIpc) is 2.93. The van der Waals surface area contributed by atoms with Gasteiger partial charge in [-0.2, -0.15) is 5.10 Å². The number of carbonyl (C=O) groups is 1. The number of H-pyrrole nitrogens is 1. The maximum atomic E-state index is 12.0. The van der Waals surface area contributed by atoms with Crippen LogP contribution in [-0.4, -0.2) is 21.2 Å². The number of carbonyl (C=O) groups excluding carboxylic acids is 1. The van der Waals surface area contributed by atoms with E-state index in [0.717, 1.165) is 11.4 Å². The molecule has 6 heteroatoms. The van der Waals surface area contributed by atoms with Crippen molar-refractivity contribution in [2.24, 2.45) is 0 Å². The van der Waals surface area contributed by atoms with Gasteiger partial charge in [-0.3, -0.25) is 9.89 Å². The monoisotopic (exact) mass is 321 g/mol. The lowest BCUT2D eigenvalue weighted by molar-refractivity contribution is -0.129. The molecule has 1 aromatic heterocycles. The first-order chi connectivity index (χ1) is 10.3. The molecule has 0 aliphatic rings. The van der Waals surface area contributed by atoms with Crippen LogP contribution in [0.15, 0.2) is 30.3 Å². The van der Waals surface area contributed by atoms with Gasteiger partial charge >= 0.3 is 0 Å². The Balaban J connectivity index is 1.96. The molecule has 1 aromatic carbocycles. The second kappa shape index (κ2) is 6.50. The number of amides is 1. The lowest BCUT2D eigenvalue weighted by Gasteiger charge is -2.13. The molecule has 2 aromatic rings. The van der Waals surface area contributed by atoms with Gasteiger partial charge in [0.1, 0.15) is 0 Å². The first kappa shape index (κ1) is 16.5. The van der Waals surface area contributed by atoms with Crippen LogP contribution in [0.5, 0.6) is 0 Å². The van der Waals surface area contributed by atoms with Crippen LogP contribution in [0, 0.1) is 0 Å². The van der Waals surface area contributed by atoms with Crippen LogP contribution in [0.1, 0.15) is 43.8 Å². The van der Waals surface area contributed by atoms with Crippen LogP contribution in [0.25, 0.3) is 0 Å². The Morgan fingerprint density at radius 1 is 1.41 bits per heavy atom. The smallest absolute Gasteiger partial charge is 0.253 e. The van der Waals surface area contributed by atoms with E-state index in [2.05, 4.69) is 36.3 Å². The summed E-state index contributed by atoms with van der Waals surface area (Å²) in [6.45, 7) is 6.47. The Hall–Kier alpha value is -1.85. The van der Waals surface area contributed by atoms with E-state index in [4.69, 9.17) is 11.6 Å². The van der Waals surface area contributed by atoms with E-state index >= 15 is 0 Å². The first-order valence-corrected chi connectivity index (χ1v) is 7.41. The average molecular weight is 322 g/mol. The molecule has 0 aliphatic heterocycles. The van der Waals surface area contributed by atoms with E-state index in [0.29, 0.717) is 10.6 Å². The second-order valence-electron chi connectivity index (χ2n) is 6.20. The fraction of sp³-hybridized carbons (Fsp3) is 0.375. The molecule has 1 unspecified atom stereocenters. The van der Waals surface area contributed by atoms with Crippen molar-refractivity contribution in [1.29, 1.82) is 0 Å². The molecule has 118 valence electrons. The molecule has 3 N–H and O–H groups in total. The van der Waals surface area contributed by atoms with Gasteiger partial charge in [0.15, 0.2) is 6.10 Å². The van der Waals surface area contributed by atoms with E-state index < -0.39 is 12.0 Å². The molecule has 0 saturated heterocycles. The van der Waals surface area contributed by atoms with Crippen molar-refractivity contribution in [3.8, 4) is 0 Å². The number of aliphatic hydroxyl groups is 1. The Bertz CT molecular complexity index is 661. The predicted molar refractivity (Wildman–Crippen MR) is 85.5 cm³/mol. The summed E-state index contributed by atoms with van der Waals surface area (Å²) in [6.07, 6.45) is -1.25. The molecule has 0 fully saturated rings. The molecule has 0 bridgehead atoms. The Morgan fingerprint density at radius 3 is 2.73 bits per heavy atom. The second-order valence-corrected chi connectivity index (χ2v) is 6.64. The van der Waals surface area contributed by atoms with Crippen molar-refractivity contribution in [2.75, 3.05) is 0 Å². The van der Waals surface area contributed by atoms with E-state index in [-0.39, 0.29) is 12.0 Å². The summed E-state index contributed by atoms with van der Waals surface area (Å²) >= 11 is 5.86. The summed E-state index contributed by atoms with van der Waals surface area (Å²) < 4.78 is 0. The van der Waals surface area contributed by atoms with Crippen molar-refractivity contribution in [3.63, 3.8) is 0 Å². The zero-order valence-electron chi connectivity index (χ0n) is 12.9. The number of hydrogen-bond acceptors (Lipinski definition) is 3. The maximum Gasteiger partial charge on any atom is 0.253 e. The summed E-state index contributed by atoms with van der Waals surface area (Å²) in [7, 11) is 0. The Kier molecular flexibility index (Phi) is 4.88. The topological polar surface area (TPSA) is 78.0 Å². The van der Waals surface area contributed by atoms with E-state index in [1.807, 2.05) is 6.07 Å². The highest BCUT2D eigenvalue weighted by Gasteiger charge is 2.19. The lowest BCUT2D eigenvalue weighted by atomic mass is 9.92. The molecule has 0 spiro atoms. The fourth-order valence-corrected chi connectivity index (χ4v) is 2.14. The fourth-order valence-electron chi connectivity index (χ4n) is 1.94. The van der Waals surface area contributed by atoms with Crippen LogP contribution in [0.3, 0.4) is 0 Å². The normalized spacial score (nSPS) is 13.0. The summed E-state index contributed by atoms with van der Waals surface area (Å²) in [6, 6.07) is 8.52. The van der Waals surface area contributed by atoms with Gasteiger partial charge in [0.2, 0.25) is 0 Å². The number of rotatable bonds is 4. The third-order valence-electron chi connectivity index (χ3n) is 3.27. The van der Waals surface area contributed by atoms with Crippen molar-refractivity contribution in [3.05, 3.63) is 52.3 Å². The highest BCUT2D eigenvalue weighted by atomic mass is 35.5. The van der Waals surface area contributed by atoms with Gasteiger partial charge in [-0.1, -0.05) is 44.5 Å². The van der Waals surface area contributed by atoms with Crippen molar-refractivity contribution in [2.45, 2.75) is 38.8 Å². The number of aliphatic hydroxyl groups excluding tert-OH is 1. The van der Waals surface area contributed by atoms with E-state index in [9.17, 15) is 9.90 Å². The molecule has 0 radical (unpaired) electrons. The number of hydrogen-bond donors (Lipinski definition) is 3. The van der Waals surface area contributed by atoms with Crippen LogP contribution in [0.4, 0.5) is 0 Å². The quantitative estimate of drug-likeness (QED) is 0.810. The van der Waals surface area contributed by atoms with Crippen molar-refractivity contribution in [1.82, 2.24) is 15.5 Å². The van der Waals surface area contributed by atoms with Crippen molar-refractivity contribution < 1.29 is 9.90 Å². The number of aromatic amines is 1. The summed E-state index contributed by atoms with van der Waals surface area (Å²) in [4.78, 5) is 12.0. The molecule has 0 aliphatic carbocycles. The highest BCUT2D eigenvalue weighted by Crippen LogP contribution is 2.20. The number of nitrogens with one attached hydrogen (secondary N) is 2.